The highest BCUT2D eigenvalue weighted by molar-refractivity contribution is 7.44. The Balaban J connectivity index is 1.14. The number of esters is 2. The van der Waals surface area contributed by atoms with Crippen molar-refractivity contribution in [2.24, 2.45) is 0 Å². The summed E-state index contributed by atoms with van der Waals surface area (Å²) in [4.78, 5) is 85.9. The SMILES string of the molecule is C=C/C=C1/C(=O)/C(=C/C2=Cc3sc4c(sc5c6sc(C=C7C(=O)c8ccccc8C7=O)cc6sc45)c3C2(C(=O)OCc2ccccc2)C(=O)OCc2ccccc2)C(=O)/C1=C/C. The van der Waals surface area contributed by atoms with Crippen LogP contribution in [0.1, 0.15) is 54.1 Å². The van der Waals surface area contributed by atoms with Gasteiger partial charge in [0.25, 0.3) is 0 Å². The summed E-state index contributed by atoms with van der Waals surface area (Å²) in [6, 6.07) is 26.9. The highest BCUT2D eigenvalue weighted by Gasteiger charge is 2.59. The minimum Gasteiger partial charge on any atom is -0.459 e. The molecule has 7 aromatic rings. The van der Waals surface area contributed by atoms with Gasteiger partial charge in [0, 0.05) is 42.3 Å². The number of carbonyl (C=O) groups excluding carboxylic acids is 6. The highest BCUT2D eigenvalue weighted by atomic mass is 32.1. The summed E-state index contributed by atoms with van der Waals surface area (Å²) in [7, 11) is 0. The molecule has 302 valence electrons. The normalized spacial score (nSPS) is 17.5. The topological polar surface area (TPSA) is 121 Å². The largest absolute Gasteiger partial charge is 0.459 e. The first kappa shape index (κ1) is 39.4. The number of allylic oxidation sites excluding steroid dienone is 8. The molecule has 0 spiro atoms. The Bertz CT molecular complexity index is 3230. The number of fused-ring (bicyclic) bond motifs is 8. The van der Waals surface area contributed by atoms with Gasteiger partial charge in [0.05, 0.1) is 34.6 Å². The molecule has 8 nitrogen and oxygen atoms in total. The van der Waals surface area contributed by atoms with Gasteiger partial charge in [-0.15, -0.1) is 45.3 Å². The predicted octanol–water partition coefficient (Wildman–Crippen LogP) is 11.1. The van der Waals surface area contributed by atoms with E-state index in [9.17, 15) is 19.2 Å². The Hall–Kier alpha value is -6.70. The van der Waals surface area contributed by atoms with Crippen LogP contribution in [-0.2, 0) is 47.3 Å². The van der Waals surface area contributed by atoms with Gasteiger partial charge in [-0.25, -0.2) is 0 Å². The van der Waals surface area contributed by atoms with E-state index in [-0.39, 0.29) is 52.6 Å². The Labute approximate surface area is 369 Å². The third-order valence-electron chi connectivity index (χ3n) is 11.1. The van der Waals surface area contributed by atoms with Crippen LogP contribution in [0.2, 0.25) is 0 Å². The summed E-state index contributed by atoms with van der Waals surface area (Å²) in [5.74, 6) is -3.52. The van der Waals surface area contributed by atoms with Gasteiger partial charge in [-0.3, -0.25) is 28.8 Å². The minimum atomic E-state index is -2.24. The van der Waals surface area contributed by atoms with Gasteiger partial charge < -0.3 is 9.47 Å². The number of benzene rings is 3. The van der Waals surface area contributed by atoms with E-state index in [4.69, 9.17) is 9.47 Å². The van der Waals surface area contributed by atoms with Crippen molar-refractivity contribution in [3.8, 4) is 0 Å². The molecule has 3 aliphatic carbocycles. The van der Waals surface area contributed by atoms with E-state index in [0.717, 1.165) is 28.4 Å². The predicted molar refractivity (Wildman–Crippen MR) is 246 cm³/mol. The van der Waals surface area contributed by atoms with Gasteiger partial charge in [-0.2, -0.15) is 0 Å². The van der Waals surface area contributed by atoms with Crippen LogP contribution >= 0.6 is 45.3 Å². The van der Waals surface area contributed by atoms with E-state index in [0.29, 0.717) is 37.4 Å². The van der Waals surface area contributed by atoms with Crippen molar-refractivity contribution in [2.45, 2.75) is 25.6 Å². The number of Topliss-reactive ketones (excluding diaryl/α,β-unsaturated/α-hetero) is 4. The van der Waals surface area contributed by atoms with Crippen LogP contribution in [0, 0.1) is 0 Å². The maximum Gasteiger partial charge on any atom is 0.333 e. The summed E-state index contributed by atoms with van der Waals surface area (Å²) >= 11 is 5.83. The van der Waals surface area contributed by atoms with Crippen LogP contribution in [0.15, 0.2) is 150 Å². The first-order chi connectivity index (χ1) is 30.1. The molecule has 1 fully saturated rings. The molecule has 12 heteroatoms. The molecular formula is C50H30O8S4. The molecule has 3 aliphatic rings. The van der Waals surface area contributed by atoms with E-state index in [1.807, 2.05) is 42.5 Å². The first-order valence-electron chi connectivity index (χ1n) is 19.4. The molecule has 0 atom stereocenters. The fourth-order valence-electron chi connectivity index (χ4n) is 8.21. The lowest BCUT2D eigenvalue weighted by Crippen LogP contribution is -2.46. The van der Waals surface area contributed by atoms with Gasteiger partial charge in [0.1, 0.15) is 13.2 Å². The number of ether oxygens (including phenoxy) is 2. The Morgan fingerprint density at radius 3 is 1.76 bits per heavy atom. The van der Waals surface area contributed by atoms with E-state index < -0.39 is 28.9 Å². The lowest BCUT2D eigenvalue weighted by atomic mass is 9.76. The van der Waals surface area contributed by atoms with Crippen molar-refractivity contribution in [3.05, 3.63) is 187 Å². The van der Waals surface area contributed by atoms with Gasteiger partial charge in [-0.05, 0) is 47.9 Å². The third kappa shape index (κ3) is 6.04. The van der Waals surface area contributed by atoms with Gasteiger partial charge in [0.15, 0.2) is 23.1 Å². The van der Waals surface area contributed by atoms with Crippen molar-refractivity contribution in [1.29, 1.82) is 0 Å². The lowest BCUT2D eigenvalue weighted by Gasteiger charge is -2.28. The zero-order chi connectivity index (χ0) is 42.9. The Morgan fingerprint density at radius 2 is 1.16 bits per heavy atom. The molecule has 4 heterocycles. The molecule has 0 aliphatic heterocycles. The average Bonchev–Trinajstić information content (AvgIpc) is 4.14. The summed E-state index contributed by atoms with van der Waals surface area (Å²) in [5, 5.41) is 0. The zero-order valence-corrected chi connectivity index (χ0v) is 35.9. The molecule has 4 aromatic heterocycles. The van der Waals surface area contributed by atoms with Crippen LogP contribution in [0.4, 0.5) is 0 Å². The number of hydrogen-bond donors (Lipinski definition) is 0. The Morgan fingerprint density at radius 1 is 0.613 bits per heavy atom. The molecule has 0 unspecified atom stereocenters. The minimum absolute atomic E-state index is 0.0857. The first-order valence-corrected chi connectivity index (χ1v) is 22.7. The van der Waals surface area contributed by atoms with E-state index in [1.165, 1.54) is 52.2 Å². The monoisotopic (exact) mass is 886 g/mol. The second kappa shape index (κ2) is 15.3. The van der Waals surface area contributed by atoms with Crippen molar-refractivity contribution >= 4 is 121 Å². The van der Waals surface area contributed by atoms with Crippen LogP contribution in [-0.4, -0.2) is 35.1 Å². The highest BCUT2D eigenvalue weighted by Crippen LogP contribution is 2.58. The molecule has 0 bridgehead atoms. The molecule has 1 saturated carbocycles. The molecule has 0 saturated heterocycles. The quantitative estimate of drug-likeness (QED) is 0.0608. The average molecular weight is 887 g/mol. The third-order valence-corrected chi connectivity index (χ3v) is 16.4. The second-order valence-corrected chi connectivity index (χ2v) is 18.9. The standard InChI is InChI=1S/C50H30O8S4/c1-3-13-31-30(4-2)39(51)34(40(31)52)20-28-21-36-38(50(28,48(55)57-24-26-14-7-5-8-15-26)49(56)58-25-27-16-9-6-10-17-27)44-46(60-36)47-45(62-44)43-37(61-47)23-29(59-43)22-35-41(53)32-18-11-12-19-33(32)42(35)54/h3-23H,1,24-25H2,2H3/b30-4+,31-13+,34-20+. The zero-order valence-electron chi connectivity index (χ0n) is 32.6. The van der Waals surface area contributed by atoms with Crippen LogP contribution in [0.3, 0.4) is 0 Å². The van der Waals surface area contributed by atoms with Crippen molar-refractivity contribution in [2.75, 3.05) is 0 Å². The van der Waals surface area contributed by atoms with Crippen molar-refractivity contribution in [3.63, 3.8) is 0 Å². The molecule has 0 N–H and O–H groups in total. The molecule has 3 aromatic carbocycles. The van der Waals surface area contributed by atoms with Crippen molar-refractivity contribution in [1.82, 2.24) is 0 Å². The number of ketones is 4. The van der Waals surface area contributed by atoms with Gasteiger partial charge in [0.2, 0.25) is 5.41 Å². The summed E-state index contributed by atoms with van der Waals surface area (Å²) in [6.07, 6.45) is 9.16. The number of hydrogen-bond acceptors (Lipinski definition) is 12. The molecule has 0 amide bonds. The summed E-state index contributed by atoms with van der Waals surface area (Å²) in [5.41, 5.74) is 0.672. The fraction of sp³-hybridized carbons (Fsp3) is 0.0800. The summed E-state index contributed by atoms with van der Waals surface area (Å²) in [6.45, 7) is 5.06. The van der Waals surface area contributed by atoms with Crippen LogP contribution in [0.25, 0.3) is 40.4 Å². The van der Waals surface area contributed by atoms with Crippen molar-refractivity contribution < 1.29 is 38.2 Å². The maximum atomic E-state index is 15.2. The smallest absolute Gasteiger partial charge is 0.333 e. The maximum absolute atomic E-state index is 15.2. The fourth-order valence-corrected chi connectivity index (χ4v) is 14.1. The summed E-state index contributed by atoms with van der Waals surface area (Å²) < 4.78 is 17.5. The second-order valence-electron chi connectivity index (χ2n) is 14.7. The number of rotatable bonds is 9. The molecule has 62 heavy (non-hydrogen) atoms. The molecule has 10 rings (SSSR count). The van der Waals surface area contributed by atoms with E-state index in [2.05, 4.69) is 6.58 Å². The van der Waals surface area contributed by atoms with Gasteiger partial charge >= 0.3 is 11.9 Å². The van der Waals surface area contributed by atoms with Gasteiger partial charge in [-0.1, -0.05) is 110 Å². The van der Waals surface area contributed by atoms with Crippen LogP contribution < -0.4 is 0 Å². The van der Waals surface area contributed by atoms with Crippen LogP contribution in [0.5, 0.6) is 0 Å². The molecular weight excluding hydrogens is 857 g/mol. The van der Waals surface area contributed by atoms with E-state index >= 15 is 9.59 Å². The molecule has 0 radical (unpaired) electrons. The lowest BCUT2D eigenvalue weighted by molar-refractivity contribution is -0.164. The number of thiophene rings is 4. The Kier molecular flexibility index (Phi) is 9.75. The van der Waals surface area contributed by atoms with E-state index in [1.54, 1.807) is 85.0 Å². The number of carbonyl (C=O) groups is 6.